The molecular formula is C23H20F2N6. The van der Waals surface area contributed by atoms with Gasteiger partial charge >= 0.3 is 0 Å². The van der Waals surface area contributed by atoms with E-state index in [4.69, 9.17) is 0 Å². The zero-order valence-electron chi connectivity index (χ0n) is 17.3. The fraction of sp³-hybridized carbons (Fsp3) is 0.174. The molecule has 0 bridgehead atoms. The van der Waals surface area contributed by atoms with Crippen molar-refractivity contribution >= 4 is 11.0 Å². The summed E-state index contributed by atoms with van der Waals surface area (Å²) in [5.74, 6) is -0.920. The lowest BCUT2D eigenvalue weighted by Gasteiger charge is -2.07. The van der Waals surface area contributed by atoms with Crippen LogP contribution in [0.5, 0.6) is 0 Å². The number of nitrogens with zero attached hydrogens (tertiary/aromatic N) is 5. The van der Waals surface area contributed by atoms with E-state index in [1.165, 1.54) is 6.07 Å². The summed E-state index contributed by atoms with van der Waals surface area (Å²) >= 11 is 0. The average Bonchev–Trinajstić information content (AvgIpc) is 3.42. The van der Waals surface area contributed by atoms with Crippen molar-refractivity contribution in [2.45, 2.75) is 20.4 Å². The van der Waals surface area contributed by atoms with Gasteiger partial charge in [0.05, 0.1) is 18.4 Å². The van der Waals surface area contributed by atoms with Crippen LogP contribution in [0.4, 0.5) is 8.78 Å². The van der Waals surface area contributed by atoms with Crippen molar-refractivity contribution in [3.63, 3.8) is 0 Å². The van der Waals surface area contributed by atoms with Crippen LogP contribution < -0.4 is 0 Å². The summed E-state index contributed by atoms with van der Waals surface area (Å²) < 4.78 is 31.2. The van der Waals surface area contributed by atoms with E-state index in [2.05, 4.69) is 26.2 Å². The zero-order chi connectivity index (χ0) is 21.7. The highest BCUT2D eigenvalue weighted by Crippen LogP contribution is 2.34. The molecule has 8 heteroatoms. The van der Waals surface area contributed by atoms with Crippen molar-refractivity contribution < 1.29 is 8.78 Å². The maximum Gasteiger partial charge on any atom is 0.137 e. The number of hydrogen-bond donors (Lipinski definition) is 1. The number of H-pyrrole nitrogens is 1. The predicted octanol–water partition coefficient (Wildman–Crippen LogP) is 4.77. The second-order valence-electron chi connectivity index (χ2n) is 7.66. The highest BCUT2D eigenvalue weighted by atomic mass is 19.1. The topological polar surface area (TPSA) is 64.3 Å². The Morgan fingerprint density at radius 3 is 2.68 bits per heavy atom. The summed E-state index contributed by atoms with van der Waals surface area (Å²) in [6.45, 7) is 4.00. The first-order valence-electron chi connectivity index (χ1n) is 9.85. The zero-order valence-corrected chi connectivity index (χ0v) is 17.3. The van der Waals surface area contributed by atoms with Crippen LogP contribution in [-0.2, 0) is 13.6 Å². The van der Waals surface area contributed by atoms with Crippen LogP contribution in [0.1, 0.15) is 17.0 Å². The van der Waals surface area contributed by atoms with E-state index in [0.29, 0.717) is 0 Å². The van der Waals surface area contributed by atoms with Crippen LogP contribution in [0.25, 0.3) is 33.3 Å². The molecule has 0 fully saturated rings. The molecule has 0 saturated carbocycles. The molecule has 0 spiro atoms. The highest BCUT2D eigenvalue weighted by molar-refractivity contribution is 5.96. The molecule has 0 atom stereocenters. The molecule has 0 aliphatic rings. The molecule has 1 N–H and O–H groups in total. The van der Waals surface area contributed by atoms with Gasteiger partial charge in [-0.3, -0.25) is 9.36 Å². The number of rotatable bonds is 4. The first-order valence-corrected chi connectivity index (χ1v) is 9.85. The average molecular weight is 418 g/mol. The van der Waals surface area contributed by atoms with Gasteiger partial charge < -0.3 is 4.98 Å². The van der Waals surface area contributed by atoms with Gasteiger partial charge in [-0.15, -0.1) is 0 Å². The molecule has 4 aromatic heterocycles. The third-order valence-corrected chi connectivity index (χ3v) is 5.55. The largest absolute Gasteiger partial charge is 0.346 e. The Bertz CT molecular complexity index is 1430. The lowest BCUT2D eigenvalue weighted by atomic mass is 10.0. The molecule has 31 heavy (non-hydrogen) atoms. The summed E-state index contributed by atoms with van der Waals surface area (Å²) in [7, 11) is 1.87. The van der Waals surface area contributed by atoms with Gasteiger partial charge in [-0.2, -0.15) is 10.2 Å². The number of halogens is 2. The van der Waals surface area contributed by atoms with E-state index in [1.807, 2.05) is 39.5 Å². The van der Waals surface area contributed by atoms with Gasteiger partial charge in [-0.1, -0.05) is 0 Å². The third kappa shape index (κ3) is 3.30. The number of hydrogen-bond acceptors (Lipinski definition) is 3. The number of aromatic amines is 1. The third-order valence-electron chi connectivity index (χ3n) is 5.55. The van der Waals surface area contributed by atoms with E-state index in [9.17, 15) is 8.78 Å². The van der Waals surface area contributed by atoms with Crippen LogP contribution in [0, 0.1) is 25.5 Å². The minimum absolute atomic E-state index is 0.151. The van der Waals surface area contributed by atoms with Crippen LogP contribution in [0.2, 0.25) is 0 Å². The predicted molar refractivity (Wildman–Crippen MR) is 114 cm³/mol. The minimum Gasteiger partial charge on any atom is -0.346 e. The molecule has 0 radical (unpaired) electrons. The van der Waals surface area contributed by atoms with E-state index in [0.717, 1.165) is 56.8 Å². The molecule has 6 nitrogen and oxygen atoms in total. The number of aryl methyl sites for hydroxylation is 2. The fourth-order valence-corrected chi connectivity index (χ4v) is 4.00. The summed E-state index contributed by atoms with van der Waals surface area (Å²) in [4.78, 5) is 7.78. The summed E-state index contributed by atoms with van der Waals surface area (Å²) in [5.41, 5.74) is 6.57. The van der Waals surface area contributed by atoms with Crippen molar-refractivity contribution in [1.29, 1.82) is 0 Å². The molecule has 156 valence electrons. The summed E-state index contributed by atoms with van der Waals surface area (Å²) in [6.07, 6.45) is 7.47. The van der Waals surface area contributed by atoms with Crippen LogP contribution in [-0.4, -0.2) is 29.5 Å². The maximum absolute atomic E-state index is 14.2. The van der Waals surface area contributed by atoms with Crippen molar-refractivity contribution in [1.82, 2.24) is 29.5 Å². The number of nitrogens with one attached hydrogen (secondary N) is 1. The van der Waals surface area contributed by atoms with Crippen LogP contribution in [0.3, 0.4) is 0 Å². The SMILES string of the molecule is Cc1nn(Cc2cc(F)ccc2F)c(C)c1-c1c[nH]c2ncc(-c3cnn(C)c3)cc12. The molecular weight excluding hydrogens is 398 g/mol. The van der Waals surface area contributed by atoms with E-state index < -0.39 is 11.6 Å². The number of fused-ring (bicyclic) bond motifs is 1. The molecule has 0 aliphatic carbocycles. The number of pyridine rings is 1. The number of aromatic nitrogens is 6. The van der Waals surface area contributed by atoms with Gasteiger partial charge in [0, 0.05) is 64.5 Å². The van der Waals surface area contributed by atoms with Gasteiger partial charge in [0.2, 0.25) is 0 Å². The molecule has 4 heterocycles. The second-order valence-corrected chi connectivity index (χ2v) is 7.66. The highest BCUT2D eigenvalue weighted by Gasteiger charge is 2.19. The Morgan fingerprint density at radius 1 is 1.06 bits per heavy atom. The Kier molecular flexibility index (Phi) is 4.43. The molecule has 0 amide bonds. The summed E-state index contributed by atoms with van der Waals surface area (Å²) in [6, 6.07) is 5.54. The molecule has 0 saturated heterocycles. The first-order chi connectivity index (χ1) is 14.9. The quantitative estimate of drug-likeness (QED) is 0.457. The van der Waals surface area contributed by atoms with Crippen molar-refractivity contribution in [3.05, 3.63) is 77.6 Å². The van der Waals surface area contributed by atoms with Gasteiger partial charge in [-0.05, 0) is 38.1 Å². The minimum atomic E-state index is -0.469. The van der Waals surface area contributed by atoms with Gasteiger partial charge in [0.1, 0.15) is 17.3 Å². The normalized spacial score (nSPS) is 11.5. The summed E-state index contributed by atoms with van der Waals surface area (Å²) in [5, 5.41) is 9.80. The standard InChI is InChI=1S/C23H20F2N6/c1-13-22(14(2)31(29-13)12-16-6-18(24)4-5-21(16)25)20-10-27-23-19(20)7-15(8-26-23)17-9-28-30(3)11-17/h4-11H,12H2,1-3H3,(H,26,27). The second kappa shape index (κ2) is 7.16. The van der Waals surface area contributed by atoms with E-state index >= 15 is 0 Å². The Balaban J connectivity index is 1.59. The Morgan fingerprint density at radius 2 is 1.90 bits per heavy atom. The smallest absolute Gasteiger partial charge is 0.137 e. The molecule has 5 rings (SSSR count). The Labute approximate surface area is 177 Å². The van der Waals surface area contributed by atoms with Crippen molar-refractivity contribution in [2.75, 3.05) is 0 Å². The molecule has 0 unspecified atom stereocenters. The Hall–Kier alpha value is -3.81. The lowest BCUT2D eigenvalue weighted by Crippen LogP contribution is -2.06. The molecule has 1 aromatic carbocycles. The van der Waals surface area contributed by atoms with Gasteiger partial charge in [0.25, 0.3) is 0 Å². The molecule has 5 aromatic rings. The van der Waals surface area contributed by atoms with E-state index in [1.54, 1.807) is 15.6 Å². The first kappa shape index (κ1) is 19.2. The van der Waals surface area contributed by atoms with Crippen LogP contribution >= 0.6 is 0 Å². The molecule has 0 aliphatic heterocycles. The fourth-order valence-electron chi connectivity index (χ4n) is 4.00. The lowest BCUT2D eigenvalue weighted by molar-refractivity contribution is 0.562. The van der Waals surface area contributed by atoms with Crippen molar-refractivity contribution in [2.24, 2.45) is 7.05 Å². The number of benzene rings is 1. The van der Waals surface area contributed by atoms with Crippen LogP contribution in [0.15, 0.2) is 49.1 Å². The van der Waals surface area contributed by atoms with Gasteiger partial charge in [-0.25, -0.2) is 13.8 Å². The van der Waals surface area contributed by atoms with Gasteiger partial charge in [0.15, 0.2) is 0 Å². The maximum atomic E-state index is 14.2. The van der Waals surface area contributed by atoms with Crippen molar-refractivity contribution in [3.8, 4) is 22.3 Å². The van der Waals surface area contributed by atoms with E-state index in [-0.39, 0.29) is 12.1 Å². The monoisotopic (exact) mass is 418 g/mol.